The first-order valence-corrected chi connectivity index (χ1v) is 10.3. The normalized spacial score (nSPS) is 29.3. The first-order chi connectivity index (χ1) is 11.2. The number of carbonyl (C=O) groups is 1. The predicted octanol–water partition coefficient (Wildman–Crippen LogP) is 2.20. The molecule has 3 N–H and O–H groups in total. The Morgan fingerprint density at radius 2 is 1.84 bits per heavy atom. The average Bonchev–Trinajstić information content (AvgIpc) is 3.10. The first-order valence-electron chi connectivity index (χ1n) is 9.19. The molecule has 5 nitrogen and oxygen atoms in total. The maximum atomic E-state index is 12.5. The van der Waals surface area contributed by atoms with Crippen LogP contribution in [0, 0.1) is 0 Å². The summed E-state index contributed by atoms with van der Waals surface area (Å²) in [5, 5.41) is 3.22. The van der Waals surface area contributed by atoms with Crippen molar-refractivity contribution in [2.75, 3.05) is 37.7 Å². The molecule has 0 aromatic rings. The molecule has 2 atom stereocenters. The Hall–Kier alpha value is 0.280. The van der Waals surface area contributed by atoms with Gasteiger partial charge in [-0.05, 0) is 25.7 Å². The number of thioether (sulfide) groups is 1. The molecule has 25 heavy (non-hydrogen) atoms. The smallest absolute Gasteiger partial charge is 0.249 e. The second-order valence-electron chi connectivity index (χ2n) is 7.16. The topological polar surface area (TPSA) is 67.6 Å². The molecule has 2 aliphatic heterocycles. The Balaban J connectivity index is 0.00000156. The van der Waals surface area contributed by atoms with Gasteiger partial charge in [0.05, 0.1) is 6.10 Å². The summed E-state index contributed by atoms with van der Waals surface area (Å²) < 4.78 is 5.74. The zero-order chi connectivity index (χ0) is 16.1. The van der Waals surface area contributed by atoms with Gasteiger partial charge in [-0.3, -0.25) is 9.69 Å². The van der Waals surface area contributed by atoms with Crippen LogP contribution in [0.15, 0.2) is 0 Å². The summed E-state index contributed by atoms with van der Waals surface area (Å²) in [5.74, 6) is 2.51. The first kappa shape index (κ1) is 23.3. The van der Waals surface area contributed by atoms with Crippen LogP contribution in [0.4, 0.5) is 0 Å². The van der Waals surface area contributed by atoms with E-state index >= 15 is 0 Å². The van der Waals surface area contributed by atoms with Crippen molar-refractivity contribution in [1.82, 2.24) is 10.2 Å². The maximum absolute atomic E-state index is 12.5. The highest BCUT2D eigenvalue weighted by molar-refractivity contribution is 7.99. The van der Waals surface area contributed by atoms with Crippen LogP contribution in [-0.2, 0) is 9.53 Å². The fourth-order valence-electron chi connectivity index (χ4n) is 4.29. The number of amides is 1. The van der Waals surface area contributed by atoms with Crippen molar-refractivity contribution in [3.8, 4) is 0 Å². The minimum atomic E-state index is -0.291. The van der Waals surface area contributed by atoms with Crippen LogP contribution in [-0.4, -0.2) is 66.2 Å². The highest BCUT2D eigenvalue weighted by Crippen LogP contribution is 2.35. The van der Waals surface area contributed by atoms with Gasteiger partial charge < -0.3 is 15.8 Å². The minimum absolute atomic E-state index is 0. The van der Waals surface area contributed by atoms with Crippen molar-refractivity contribution in [1.29, 1.82) is 0 Å². The number of nitrogens with one attached hydrogen (secondary N) is 1. The van der Waals surface area contributed by atoms with E-state index < -0.39 is 0 Å². The summed E-state index contributed by atoms with van der Waals surface area (Å²) >= 11 is 2.05. The van der Waals surface area contributed by atoms with E-state index in [4.69, 9.17) is 10.5 Å². The van der Waals surface area contributed by atoms with E-state index in [0.717, 1.165) is 32.5 Å². The van der Waals surface area contributed by atoms with Gasteiger partial charge >= 0.3 is 0 Å². The molecule has 2 heterocycles. The van der Waals surface area contributed by atoms with Crippen LogP contribution in [0.2, 0.25) is 0 Å². The number of ether oxygens (including phenoxy) is 1. The SMILES string of the molecule is Cl.Cl.NC[C@H]1CC[C@@H](C(=O)NCC2(N3CCSCC3)CCCCC2)O1. The summed E-state index contributed by atoms with van der Waals surface area (Å²) in [7, 11) is 0. The summed E-state index contributed by atoms with van der Waals surface area (Å²) in [4.78, 5) is 15.1. The third-order valence-electron chi connectivity index (χ3n) is 5.72. The summed E-state index contributed by atoms with van der Waals surface area (Å²) in [6.45, 7) is 3.62. The monoisotopic (exact) mass is 413 g/mol. The van der Waals surface area contributed by atoms with E-state index in [0.29, 0.717) is 6.54 Å². The van der Waals surface area contributed by atoms with E-state index in [2.05, 4.69) is 10.2 Å². The Kier molecular flexibility index (Phi) is 10.4. The lowest BCUT2D eigenvalue weighted by Gasteiger charge is -2.48. The van der Waals surface area contributed by atoms with Crippen molar-refractivity contribution < 1.29 is 9.53 Å². The van der Waals surface area contributed by atoms with E-state index in [1.165, 1.54) is 43.6 Å². The molecular weight excluding hydrogens is 381 g/mol. The second-order valence-corrected chi connectivity index (χ2v) is 8.39. The van der Waals surface area contributed by atoms with Crippen LogP contribution < -0.4 is 11.1 Å². The maximum Gasteiger partial charge on any atom is 0.249 e. The van der Waals surface area contributed by atoms with E-state index in [-0.39, 0.29) is 48.5 Å². The van der Waals surface area contributed by atoms with Gasteiger partial charge in [0.2, 0.25) is 5.91 Å². The number of halogens is 2. The molecule has 0 spiro atoms. The third-order valence-corrected chi connectivity index (χ3v) is 6.66. The van der Waals surface area contributed by atoms with Crippen molar-refractivity contribution in [2.45, 2.75) is 62.7 Å². The molecule has 148 valence electrons. The molecule has 0 unspecified atom stereocenters. The molecule has 1 saturated carbocycles. The molecule has 3 fully saturated rings. The Bertz CT molecular complexity index is 405. The lowest BCUT2D eigenvalue weighted by atomic mass is 9.80. The van der Waals surface area contributed by atoms with Crippen LogP contribution in [0.5, 0.6) is 0 Å². The standard InChI is InChI=1S/C17H31N3O2S.2ClH/c18-12-14-4-5-15(22-14)16(21)19-13-17(6-2-1-3-7-17)20-8-10-23-11-9-20;;/h14-15H,1-13,18H2,(H,19,21);2*1H/t14-,15+;;/m1../s1. The average molecular weight is 414 g/mol. The van der Waals surface area contributed by atoms with Gasteiger partial charge in [0.25, 0.3) is 0 Å². The minimum Gasteiger partial charge on any atom is -0.364 e. The van der Waals surface area contributed by atoms with Gasteiger partial charge in [-0.25, -0.2) is 0 Å². The molecule has 0 bridgehead atoms. The number of hydrogen-bond acceptors (Lipinski definition) is 5. The second kappa shape index (κ2) is 11.2. The van der Waals surface area contributed by atoms with Gasteiger partial charge in [-0.15, -0.1) is 24.8 Å². The van der Waals surface area contributed by atoms with Crippen molar-refractivity contribution in [3.63, 3.8) is 0 Å². The molecule has 0 aromatic carbocycles. The third kappa shape index (κ3) is 5.88. The van der Waals surface area contributed by atoms with Crippen molar-refractivity contribution in [3.05, 3.63) is 0 Å². The molecule has 3 rings (SSSR count). The van der Waals surface area contributed by atoms with Crippen LogP contribution in [0.3, 0.4) is 0 Å². The lowest BCUT2D eigenvalue weighted by molar-refractivity contribution is -0.132. The predicted molar refractivity (Wildman–Crippen MR) is 109 cm³/mol. The fraction of sp³-hybridized carbons (Fsp3) is 0.941. The summed E-state index contributed by atoms with van der Waals surface area (Å²) in [6, 6.07) is 0. The Labute approximate surface area is 168 Å². The van der Waals surface area contributed by atoms with Gasteiger partial charge in [0, 0.05) is 43.2 Å². The van der Waals surface area contributed by atoms with E-state index in [1.807, 2.05) is 11.8 Å². The highest BCUT2D eigenvalue weighted by atomic mass is 35.5. The lowest BCUT2D eigenvalue weighted by Crippen LogP contribution is -2.59. The largest absolute Gasteiger partial charge is 0.364 e. The van der Waals surface area contributed by atoms with Crippen molar-refractivity contribution >= 4 is 42.5 Å². The number of carbonyl (C=O) groups excluding carboxylic acids is 1. The van der Waals surface area contributed by atoms with Crippen molar-refractivity contribution in [2.24, 2.45) is 5.73 Å². The zero-order valence-corrected chi connectivity index (χ0v) is 17.4. The van der Waals surface area contributed by atoms with Crippen LogP contribution >= 0.6 is 36.6 Å². The van der Waals surface area contributed by atoms with E-state index in [9.17, 15) is 4.79 Å². The molecule has 8 heteroatoms. The summed E-state index contributed by atoms with van der Waals surface area (Å²) in [6.07, 6.45) is 7.83. The Morgan fingerprint density at radius 1 is 1.16 bits per heavy atom. The van der Waals surface area contributed by atoms with Gasteiger partial charge in [-0.2, -0.15) is 11.8 Å². The summed E-state index contributed by atoms with van der Waals surface area (Å²) in [5.41, 5.74) is 5.82. The number of rotatable bonds is 5. The highest BCUT2D eigenvalue weighted by Gasteiger charge is 2.39. The van der Waals surface area contributed by atoms with Gasteiger partial charge in [-0.1, -0.05) is 19.3 Å². The molecule has 3 aliphatic rings. The molecular formula is C17H33Cl2N3O2S. The molecule has 1 amide bonds. The van der Waals surface area contributed by atoms with Gasteiger partial charge in [0.1, 0.15) is 6.10 Å². The van der Waals surface area contributed by atoms with Crippen LogP contribution in [0.25, 0.3) is 0 Å². The number of nitrogens with zero attached hydrogens (tertiary/aromatic N) is 1. The number of nitrogens with two attached hydrogens (primary N) is 1. The van der Waals surface area contributed by atoms with E-state index in [1.54, 1.807) is 0 Å². The fourth-order valence-corrected chi connectivity index (χ4v) is 5.19. The number of hydrogen-bond donors (Lipinski definition) is 2. The zero-order valence-electron chi connectivity index (χ0n) is 14.9. The molecule has 1 aliphatic carbocycles. The molecule has 0 radical (unpaired) electrons. The quantitative estimate of drug-likeness (QED) is 0.722. The molecule has 2 saturated heterocycles. The molecule has 0 aromatic heterocycles. The Morgan fingerprint density at radius 3 is 2.44 bits per heavy atom. The van der Waals surface area contributed by atoms with Crippen LogP contribution in [0.1, 0.15) is 44.9 Å². The van der Waals surface area contributed by atoms with Gasteiger partial charge in [0.15, 0.2) is 0 Å².